The molecular weight excluding hydrogens is 616 g/mol. The Morgan fingerprint density at radius 1 is 1.02 bits per heavy atom. The van der Waals surface area contributed by atoms with Crippen LogP contribution < -0.4 is 15.5 Å². The SMILES string of the molecule is COC(=O)c1c(Cc2ccc(C(=O)N[C@@H]3CC[C@@]4(NS(C)(=O)=O)CC5C[C@H](C[C@@H]53)C4)cc2)c(=O)c2cccnc2n1-c1ccccc1. The van der Waals surface area contributed by atoms with Crippen molar-refractivity contribution >= 4 is 32.9 Å². The van der Waals surface area contributed by atoms with Gasteiger partial charge < -0.3 is 10.1 Å². The van der Waals surface area contributed by atoms with Gasteiger partial charge in [-0.1, -0.05) is 30.3 Å². The second kappa shape index (κ2) is 12.0. The summed E-state index contributed by atoms with van der Waals surface area (Å²) in [6.07, 6.45) is 8.18. The number of hydrogen-bond acceptors (Lipinski definition) is 7. The van der Waals surface area contributed by atoms with E-state index in [1.807, 2.05) is 30.3 Å². The molecule has 1 unspecified atom stereocenters. The highest BCUT2D eigenvalue weighted by molar-refractivity contribution is 7.88. The zero-order valence-corrected chi connectivity index (χ0v) is 27.3. The number of rotatable bonds is 8. The van der Waals surface area contributed by atoms with Gasteiger partial charge in [-0.25, -0.2) is 22.9 Å². The number of aromatic nitrogens is 2. The van der Waals surface area contributed by atoms with Crippen LogP contribution in [0.2, 0.25) is 0 Å². The van der Waals surface area contributed by atoms with Crippen LogP contribution >= 0.6 is 0 Å². The van der Waals surface area contributed by atoms with Crippen molar-refractivity contribution < 1.29 is 22.7 Å². The van der Waals surface area contributed by atoms with E-state index in [0.717, 1.165) is 37.7 Å². The number of hydrogen-bond donors (Lipinski definition) is 2. The van der Waals surface area contributed by atoms with Crippen molar-refractivity contribution in [1.82, 2.24) is 19.6 Å². The Labute approximate surface area is 273 Å². The second-order valence-electron chi connectivity index (χ2n) is 13.5. The molecule has 2 aromatic carbocycles. The number of nitrogens with zero attached hydrogens (tertiary/aromatic N) is 2. The molecular formula is C36H38N4O6S. The number of pyridine rings is 2. The summed E-state index contributed by atoms with van der Waals surface area (Å²) in [5.74, 6) is 0.369. The van der Waals surface area contributed by atoms with Crippen molar-refractivity contribution in [3.05, 3.63) is 106 Å². The molecule has 2 N–H and O–H groups in total. The van der Waals surface area contributed by atoms with E-state index in [2.05, 4.69) is 15.0 Å². The van der Waals surface area contributed by atoms with Crippen LogP contribution in [0.5, 0.6) is 0 Å². The van der Waals surface area contributed by atoms with Gasteiger partial charge in [0, 0.05) is 41.0 Å². The van der Waals surface area contributed by atoms with E-state index < -0.39 is 21.5 Å². The number of sulfonamides is 1. The number of carbonyl (C=O) groups is 2. The maximum atomic E-state index is 13.8. The molecule has 1 amide bonds. The summed E-state index contributed by atoms with van der Waals surface area (Å²) < 4.78 is 34.2. The van der Waals surface area contributed by atoms with Crippen LogP contribution in [0, 0.1) is 17.8 Å². The fourth-order valence-corrected chi connectivity index (χ4v) is 9.72. The number of methoxy groups -OCH3 is 1. The Hall–Kier alpha value is -4.35. The molecule has 0 aliphatic heterocycles. The molecule has 3 fully saturated rings. The van der Waals surface area contributed by atoms with Gasteiger partial charge in [-0.05, 0) is 98.2 Å². The first kappa shape index (κ1) is 31.3. The van der Waals surface area contributed by atoms with Crippen LogP contribution in [0.15, 0.2) is 77.7 Å². The van der Waals surface area contributed by atoms with E-state index in [0.29, 0.717) is 46.5 Å². The number of esters is 1. The molecule has 244 valence electrons. The first-order valence-electron chi connectivity index (χ1n) is 16.1. The lowest BCUT2D eigenvalue weighted by atomic mass is 9.74. The molecule has 0 spiro atoms. The van der Waals surface area contributed by atoms with Gasteiger partial charge in [0.05, 0.1) is 18.8 Å². The summed E-state index contributed by atoms with van der Waals surface area (Å²) in [6, 6.07) is 19.7. The second-order valence-corrected chi connectivity index (χ2v) is 15.3. The maximum absolute atomic E-state index is 13.8. The van der Waals surface area contributed by atoms with Crippen LogP contribution in [-0.2, 0) is 21.2 Å². The van der Waals surface area contributed by atoms with Crippen molar-refractivity contribution in [2.75, 3.05) is 13.4 Å². The Kier molecular flexibility index (Phi) is 8.00. The third-order valence-electron chi connectivity index (χ3n) is 10.4. The third-order valence-corrected chi connectivity index (χ3v) is 11.2. The van der Waals surface area contributed by atoms with Crippen LogP contribution in [0.25, 0.3) is 16.7 Å². The lowest BCUT2D eigenvalue weighted by Crippen LogP contribution is -2.51. The highest BCUT2D eigenvalue weighted by Gasteiger charge is 2.53. The number of nitrogens with one attached hydrogen (secondary N) is 2. The quantitative estimate of drug-likeness (QED) is 0.269. The molecule has 2 aromatic heterocycles. The van der Waals surface area contributed by atoms with Gasteiger partial charge in [0.2, 0.25) is 10.0 Å². The molecule has 47 heavy (non-hydrogen) atoms. The van der Waals surface area contributed by atoms with Gasteiger partial charge in [-0.2, -0.15) is 0 Å². The number of fused-ring (bicyclic) bond motifs is 3. The van der Waals surface area contributed by atoms with Gasteiger partial charge in [0.25, 0.3) is 5.91 Å². The van der Waals surface area contributed by atoms with E-state index in [1.165, 1.54) is 13.4 Å². The molecule has 4 aromatic rings. The van der Waals surface area contributed by atoms with Crippen molar-refractivity contribution in [2.45, 2.75) is 56.5 Å². The van der Waals surface area contributed by atoms with Gasteiger partial charge in [-0.15, -0.1) is 0 Å². The molecule has 0 radical (unpaired) electrons. The van der Waals surface area contributed by atoms with Crippen LogP contribution in [0.1, 0.15) is 70.5 Å². The van der Waals surface area contributed by atoms with E-state index in [9.17, 15) is 22.8 Å². The predicted molar refractivity (Wildman–Crippen MR) is 178 cm³/mol. The van der Waals surface area contributed by atoms with Crippen molar-refractivity contribution in [3.63, 3.8) is 0 Å². The summed E-state index contributed by atoms with van der Waals surface area (Å²) in [7, 11) is -2.05. The van der Waals surface area contributed by atoms with Gasteiger partial charge in [-0.3, -0.25) is 14.2 Å². The average Bonchev–Trinajstić information content (AvgIpc) is 3.32. The molecule has 3 saturated carbocycles. The Morgan fingerprint density at radius 3 is 2.51 bits per heavy atom. The lowest BCUT2D eigenvalue weighted by Gasteiger charge is -2.40. The smallest absolute Gasteiger partial charge is 0.355 e. The Bertz CT molecular complexity index is 2030. The molecule has 10 nitrogen and oxygen atoms in total. The van der Waals surface area contributed by atoms with Gasteiger partial charge in [0.15, 0.2) is 5.43 Å². The van der Waals surface area contributed by atoms with Crippen LogP contribution in [0.3, 0.4) is 0 Å². The highest BCUT2D eigenvalue weighted by atomic mass is 32.2. The number of ether oxygens (including phenoxy) is 1. The summed E-state index contributed by atoms with van der Waals surface area (Å²) in [4.78, 5) is 45.1. The predicted octanol–water partition coefficient (Wildman–Crippen LogP) is 4.38. The van der Waals surface area contributed by atoms with E-state index in [1.54, 1.807) is 47.2 Å². The summed E-state index contributed by atoms with van der Waals surface area (Å²) in [5.41, 5.74) is 1.95. The summed E-state index contributed by atoms with van der Waals surface area (Å²) in [6.45, 7) is 0. The largest absolute Gasteiger partial charge is 0.464 e. The Morgan fingerprint density at radius 2 is 1.79 bits per heavy atom. The summed E-state index contributed by atoms with van der Waals surface area (Å²) in [5, 5.41) is 3.67. The molecule has 11 heteroatoms. The molecule has 3 aliphatic rings. The zero-order valence-electron chi connectivity index (χ0n) is 26.4. The number of para-hydroxylation sites is 1. The van der Waals surface area contributed by atoms with Crippen molar-refractivity contribution in [2.24, 2.45) is 17.8 Å². The minimum Gasteiger partial charge on any atom is -0.464 e. The monoisotopic (exact) mass is 654 g/mol. The van der Waals surface area contributed by atoms with E-state index in [-0.39, 0.29) is 35.1 Å². The molecule has 5 atom stereocenters. The van der Waals surface area contributed by atoms with Crippen LogP contribution in [-0.4, -0.2) is 54.8 Å². The standard InChI is InChI=1S/C36H38N4O6S/c1-46-35(43)31-29(32(41)27-9-6-16-37-33(27)40(31)26-7-4-3-5-8-26)18-22-10-12-24(13-11-22)34(42)38-30-14-15-36(39-47(2,44)45)20-23-17-25(21-36)28(30)19-23/h3-13,16,23,25,28,30,39H,14-15,17-21H2,1-2H3,(H,38,42)/t23-,25?,28+,30-,36+/m1/s1. The van der Waals surface area contributed by atoms with Crippen LogP contribution in [0.4, 0.5) is 0 Å². The van der Waals surface area contributed by atoms with E-state index >= 15 is 0 Å². The van der Waals surface area contributed by atoms with Gasteiger partial charge >= 0.3 is 5.97 Å². The zero-order chi connectivity index (χ0) is 32.9. The topological polar surface area (TPSA) is 136 Å². The van der Waals surface area contributed by atoms with Crippen molar-refractivity contribution in [3.8, 4) is 5.69 Å². The lowest BCUT2D eigenvalue weighted by molar-refractivity contribution is 0.0589. The molecule has 2 heterocycles. The third kappa shape index (κ3) is 5.98. The molecule has 3 bridgehead atoms. The molecule has 0 saturated heterocycles. The maximum Gasteiger partial charge on any atom is 0.355 e. The fourth-order valence-electron chi connectivity index (χ4n) is 8.66. The minimum absolute atomic E-state index is 0.0222. The first-order valence-corrected chi connectivity index (χ1v) is 18.0. The Balaban J connectivity index is 1.15. The average molecular weight is 655 g/mol. The minimum atomic E-state index is -3.34. The van der Waals surface area contributed by atoms with Gasteiger partial charge in [0.1, 0.15) is 11.3 Å². The molecule has 3 aliphatic carbocycles. The number of benzene rings is 2. The highest BCUT2D eigenvalue weighted by Crippen LogP contribution is 2.55. The number of amides is 1. The number of carbonyl (C=O) groups excluding carboxylic acids is 2. The normalized spacial score (nSPS) is 25.0. The van der Waals surface area contributed by atoms with Crippen molar-refractivity contribution in [1.29, 1.82) is 0 Å². The van der Waals surface area contributed by atoms with E-state index in [4.69, 9.17) is 4.74 Å². The molecule has 7 rings (SSSR count). The first-order chi connectivity index (χ1) is 22.5. The fraction of sp³-hybridized carbons (Fsp3) is 0.389. The summed E-state index contributed by atoms with van der Waals surface area (Å²) >= 11 is 0.